The second-order valence-corrected chi connectivity index (χ2v) is 8.02. The summed E-state index contributed by atoms with van der Waals surface area (Å²) < 4.78 is 6.04. The SMILES string of the molecule is N#CC1=C(N)N(Cc2ccccc2)C2=C(COCC2=Cc2cccnc2)[C@@H]1c1cccnc1. The second kappa shape index (κ2) is 9.11. The van der Waals surface area contributed by atoms with Crippen molar-refractivity contribution in [1.29, 1.82) is 5.26 Å². The van der Waals surface area contributed by atoms with Crippen LogP contribution in [0.15, 0.2) is 108 Å². The lowest BCUT2D eigenvalue weighted by Crippen LogP contribution is -2.39. The molecule has 0 saturated carbocycles. The molecule has 162 valence electrons. The fourth-order valence-corrected chi connectivity index (χ4v) is 4.51. The van der Waals surface area contributed by atoms with Gasteiger partial charge in [0.2, 0.25) is 0 Å². The Balaban J connectivity index is 1.70. The van der Waals surface area contributed by atoms with E-state index in [2.05, 4.69) is 39.1 Å². The molecule has 2 N–H and O–H groups in total. The number of nitriles is 1. The predicted molar refractivity (Wildman–Crippen MR) is 126 cm³/mol. The molecule has 1 atom stereocenters. The van der Waals surface area contributed by atoms with E-state index >= 15 is 0 Å². The number of hydrogen-bond donors (Lipinski definition) is 1. The molecule has 0 saturated heterocycles. The van der Waals surface area contributed by atoms with E-state index in [-0.39, 0.29) is 5.92 Å². The molecule has 4 heterocycles. The monoisotopic (exact) mass is 433 g/mol. The van der Waals surface area contributed by atoms with Gasteiger partial charge >= 0.3 is 0 Å². The summed E-state index contributed by atoms with van der Waals surface area (Å²) in [6, 6.07) is 20.3. The molecule has 0 amide bonds. The van der Waals surface area contributed by atoms with Crippen molar-refractivity contribution in [3.8, 4) is 6.07 Å². The summed E-state index contributed by atoms with van der Waals surface area (Å²) in [5.41, 5.74) is 13.3. The van der Waals surface area contributed by atoms with Crippen LogP contribution in [0, 0.1) is 11.3 Å². The third-order valence-corrected chi connectivity index (χ3v) is 5.94. The molecule has 0 radical (unpaired) electrons. The highest BCUT2D eigenvalue weighted by molar-refractivity contribution is 5.64. The lowest BCUT2D eigenvalue weighted by Gasteiger charge is -2.41. The van der Waals surface area contributed by atoms with E-state index in [0.717, 1.165) is 33.5 Å². The molecule has 0 spiro atoms. The zero-order chi connectivity index (χ0) is 22.6. The van der Waals surface area contributed by atoms with Crippen LogP contribution in [0.1, 0.15) is 22.6 Å². The van der Waals surface area contributed by atoms with Gasteiger partial charge in [-0.1, -0.05) is 42.5 Å². The maximum atomic E-state index is 10.1. The Morgan fingerprint density at radius 2 is 1.82 bits per heavy atom. The van der Waals surface area contributed by atoms with Crippen molar-refractivity contribution in [3.05, 3.63) is 124 Å². The third kappa shape index (κ3) is 4.02. The number of rotatable bonds is 4. The molecule has 5 rings (SSSR count). The number of hydrogen-bond acceptors (Lipinski definition) is 6. The van der Waals surface area contributed by atoms with Crippen molar-refractivity contribution in [2.24, 2.45) is 5.73 Å². The Morgan fingerprint density at radius 1 is 1.03 bits per heavy atom. The number of benzene rings is 1. The van der Waals surface area contributed by atoms with Gasteiger partial charge in [0.15, 0.2) is 0 Å². The van der Waals surface area contributed by atoms with Gasteiger partial charge in [-0.15, -0.1) is 0 Å². The molecule has 3 aromatic rings. The molecule has 1 aromatic carbocycles. The van der Waals surface area contributed by atoms with E-state index in [1.807, 2.05) is 48.7 Å². The maximum absolute atomic E-state index is 10.1. The number of aromatic nitrogens is 2. The number of nitrogens with zero attached hydrogens (tertiary/aromatic N) is 4. The molecule has 33 heavy (non-hydrogen) atoms. The van der Waals surface area contributed by atoms with Crippen molar-refractivity contribution in [3.63, 3.8) is 0 Å². The summed E-state index contributed by atoms with van der Waals surface area (Å²) >= 11 is 0. The first-order valence-corrected chi connectivity index (χ1v) is 10.8. The molecule has 2 aliphatic rings. The standard InChI is InChI=1S/C27H23N5O/c28-13-23-25(21-9-5-11-31-15-21)24-18-33-17-22(12-20-8-4-10-30-14-20)26(24)32(27(23)29)16-19-6-2-1-3-7-19/h1-12,14-15,25H,16-18,29H2/t25-/m1/s1. The number of pyridine rings is 2. The van der Waals surface area contributed by atoms with Gasteiger partial charge in [-0.05, 0) is 40.5 Å². The average molecular weight is 434 g/mol. The lowest BCUT2D eigenvalue weighted by molar-refractivity contribution is 0.157. The van der Waals surface area contributed by atoms with Gasteiger partial charge in [-0.3, -0.25) is 9.97 Å². The zero-order valence-electron chi connectivity index (χ0n) is 18.1. The maximum Gasteiger partial charge on any atom is 0.118 e. The highest BCUT2D eigenvalue weighted by Crippen LogP contribution is 2.44. The first-order valence-electron chi connectivity index (χ1n) is 10.8. The van der Waals surface area contributed by atoms with Gasteiger partial charge in [0.25, 0.3) is 0 Å². The molecule has 6 heteroatoms. The third-order valence-electron chi connectivity index (χ3n) is 5.94. The van der Waals surface area contributed by atoms with E-state index < -0.39 is 0 Å². The van der Waals surface area contributed by atoms with Crippen molar-refractivity contribution in [2.45, 2.75) is 12.5 Å². The predicted octanol–water partition coefficient (Wildman–Crippen LogP) is 4.14. The Morgan fingerprint density at radius 3 is 2.52 bits per heavy atom. The van der Waals surface area contributed by atoms with Gasteiger partial charge in [0, 0.05) is 42.8 Å². The average Bonchev–Trinajstić information content (AvgIpc) is 2.87. The van der Waals surface area contributed by atoms with Crippen LogP contribution in [0.2, 0.25) is 0 Å². The van der Waals surface area contributed by atoms with Crippen LogP contribution in [-0.2, 0) is 11.3 Å². The van der Waals surface area contributed by atoms with E-state index in [4.69, 9.17) is 10.5 Å². The van der Waals surface area contributed by atoms with Crippen LogP contribution in [0.5, 0.6) is 0 Å². The van der Waals surface area contributed by atoms with Crippen LogP contribution >= 0.6 is 0 Å². The van der Waals surface area contributed by atoms with Crippen LogP contribution in [-0.4, -0.2) is 28.1 Å². The van der Waals surface area contributed by atoms with Crippen molar-refractivity contribution in [1.82, 2.24) is 14.9 Å². The molecule has 0 bridgehead atoms. The molecule has 0 fully saturated rings. The summed E-state index contributed by atoms with van der Waals surface area (Å²) in [4.78, 5) is 10.6. The Hall–Kier alpha value is -4.21. The van der Waals surface area contributed by atoms with Gasteiger partial charge in [-0.25, -0.2) is 0 Å². The van der Waals surface area contributed by atoms with Gasteiger partial charge in [0.1, 0.15) is 5.82 Å². The minimum Gasteiger partial charge on any atom is -0.384 e. The summed E-state index contributed by atoms with van der Waals surface area (Å²) in [7, 11) is 0. The minimum atomic E-state index is -0.302. The molecule has 0 unspecified atom stereocenters. The van der Waals surface area contributed by atoms with Gasteiger partial charge < -0.3 is 15.4 Å². The smallest absolute Gasteiger partial charge is 0.118 e. The highest BCUT2D eigenvalue weighted by atomic mass is 16.5. The molecule has 2 aromatic heterocycles. The first kappa shape index (κ1) is 20.7. The van der Waals surface area contributed by atoms with E-state index in [1.165, 1.54) is 0 Å². The van der Waals surface area contributed by atoms with Crippen LogP contribution in [0.25, 0.3) is 6.08 Å². The fraction of sp³-hybridized carbons (Fsp3) is 0.148. The van der Waals surface area contributed by atoms with Crippen LogP contribution < -0.4 is 5.73 Å². The van der Waals surface area contributed by atoms with E-state index in [9.17, 15) is 5.26 Å². The number of allylic oxidation sites excluding steroid dienone is 1. The largest absolute Gasteiger partial charge is 0.384 e. The zero-order valence-corrected chi connectivity index (χ0v) is 18.1. The number of ether oxygens (including phenoxy) is 1. The fourth-order valence-electron chi connectivity index (χ4n) is 4.51. The summed E-state index contributed by atoms with van der Waals surface area (Å²) in [6.07, 6.45) is 9.19. The van der Waals surface area contributed by atoms with E-state index in [0.29, 0.717) is 31.2 Å². The van der Waals surface area contributed by atoms with Crippen molar-refractivity contribution < 1.29 is 4.74 Å². The Labute approximate surface area is 193 Å². The summed E-state index contributed by atoms with van der Waals surface area (Å²) in [5, 5.41) is 10.1. The van der Waals surface area contributed by atoms with Gasteiger partial charge in [-0.2, -0.15) is 5.26 Å². The highest BCUT2D eigenvalue weighted by Gasteiger charge is 2.38. The second-order valence-electron chi connectivity index (χ2n) is 8.02. The van der Waals surface area contributed by atoms with E-state index in [1.54, 1.807) is 18.6 Å². The quantitative estimate of drug-likeness (QED) is 0.665. The molecule has 2 aliphatic heterocycles. The normalized spacial score (nSPS) is 19.4. The van der Waals surface area contributed by atoms with Crippen molar-refractivity contribution in [2.75, 3.05) is 13.2 Å². The summed E-state index contributed by atoms with van der Waals surface area (Å²) in [6.45, 7) is 1.43. The molecule has 6 nitrogen and oxygen atoms in total. The lowest BCUT2D eigenvalue weighted by atomic mass is 9.79. The summed E-state index contributed by atoms with van der Waals surface area (Å²) in [5.74, 6) is 0.163. The molecular formula is C27H23N5O. The molecule has 0 aliphatic carbocycles. The van der Waals surface area contributed by atoms with Crippen LogP contribution in [0.3, 0.4) is 0 Å². The molecular weight excluding hydrogens is 410 g/mol. The first-order chi connectivity index (χ1) is 16.3. The van der Waals surface area contributed by atoms with Gasteiger partial charge in [0.05, 0.1) is 30.6 Å². The Kier molecular flexibility index (Phi) is 5.71. The minimum absolute atomic E-state index is 0.302. The number of nitrogens with two attached hydrogens (primary N) is 1. The van der Waals surface area contributed by atoms with Crippen LogP contribution in [0.4, 0.5) is 0 Å². The van der Waals surface area contributed by atoms with Crippen molar-refractivity contribution >= 4 is 6.08 Å². The Bertz CT molecular complexity index is 1270. The topological polar surface area (TPSA) is 88.1 Å².